The smallest absolute Gasteiger partial charge is 0.414 e. The molecule has 1 aromatic rings. The second-order valence-electron chi connectivity index (χ2n) is 8.70. The van der Waals surface area contributed by atoms with Crippen molar-refractivity contribution < 1.29 is 18.3 Å². The Morgan fingerprint density at radius 1 is 1.45 bits per heavy atom. The molecule has 0 radical (unpaired) electrons. The summed E-state index contributed by atoms with van der Waals surface area (Å²) in [6.07, 6.45) is -1.11. The van der Waals surface area contributed by atoms with Gasteiger partial charge >= 0.3 is 6.09 Å². The molecule has 1 atom stereocenters. The van der Waals surface area contributed by atoms with Gasteiger partial charge in [-0.05, 0) is 41.9 Å². The van der Waals surface area contributed by atoms with Gasteiger partial charge in [0.05, 0.1) is 31.1 Å². The summed E-state index contributed by atoms with van der Waals surface area (Å²) in [5.74, 6) is -0.427. The molecule has 1 unspecified atom stereocenters. The van der Waals surface area contributed by atoms with Crippen molar-refractivity contribution in [1.29, 1.82) is 0 Å². The van der Waals surface area contributed by atoms with Crippen LogP contribution < -0.4 is 9.80 Å². The molecule has 0 spiro atoms. The first kappa shape index (κ1) is 23.0. The predicted octanol–water partition coefficient (Wildman–Crippen LogP) is 4.92. The zero-order chi connectivity index (χ0) is 21.8. The van der Waals surface area contributed by atoms with E-state index in [0.29, 0.717) is 24.5 Å². The van der Waals surface area contributed by atoms with E-state index in [1.165, 1.54) is 11.0 Å². The lowest BCUT2D eigenvalue weighted by molar-refractivity contribution is 0.145. The monoisotopic (exact) mass is 423 g/mol. The van der Waals surface area contributed by atoms with Gasteiger partial charge in [0.2, 0.25) is 0 Å². The minimum Gasteiger partial charge on any atom is -0.444 e. The molecule has 0 aromatic heterocycles. The van der Waals surface area contributed by atoms with Crippen molar-refractivity contribution in [3.63, 3.8) is 0 Å². The quantitative estimate of drug-likeness (QED) is 0.257. The molecule has 10 heteroatoms. The van der Waals surface area contributed by atoms with E-state index in [4.69, 9.17) is 14.7 Å². The molecule has 160 valence electrons. The molecule has 2 rings (SSSR count). The van der Waals surface area contributed by atoms with Crippen molar-refractivity contribution in [2.24, 2.45) is 5.11 Å². The summed E-state index contributed by atoms with van der Waals surface area (Å²) < 4.78 is 26.0. The number of nitrogens with zero attached hydrogens (tertiary/aromatic N) is 5. The van der Waals surface area contributed by atoms with Crippen LogP contribution in [0.15, 0.2) is 23.3 Å². The summed E-state index contributed by atoms with van der Waals surface area (Å²) in [4.78, 5) is 17.8. The Bertz CT molecular complexity index is 793. The van der Waals surface area contributed by atoms with Crippen molar-refractivity contribution in [3.05, 3.63) is 34.5 Å². The summed E-state index contributed by atoms with van der Waals surface area (Å²) in [7, 11) is -0.0329. The lowest BCUT2D eigenvalue weighted by Crippen LogP contribution is -2.42. The van der Waals surface area contributed by atoms with Crippen LogP contribution in [0.2, 0.25) is 18.1 Å². The number of hydrogen-bond acceptors (Lipinski definition) is 5. The number of azide groups is 1. The third kappa shape index (κ3) is 5.62. The number of halogens is 1. The summed E-state index contributed by atoms with van der Waals surface area (Å²) in [6.45, 7) is 12.3. The number of hydrogen-bond donors (Lipinski definition) is 0. The van der Waals surface area contributed by atoms with Crippen LogP contribution in [0, 0.1) is 5.82 Å². The van der Waals surface area contributed by atoms with Gasteiger partial charge < -0.3 is 14.1 Å². The normalized spacial score (nSPS) is 17.1. The number of cyclic esters (lactones) is 1. The standard InChI is InChI=1S/C19H30FN5O3Si/c1-19(2,3)29(5,6)27-10-9-24(4)17-8-7-14(11-16(17)20)25-13-15(12-22-23-21)28-18(25)26/h7-8,11,15H,9-10,12-13H2,1-6H3. The minimum absolute atomic E-state index is 0.0519. The van der Waals surface area contributed by atoms with Crippen molar-refractivity contribution in [2.45, 2.75) is 45.0 Å². The van der Waals surface area contributed by atoms with Gasteiger partial charge in [-0.2, -0.15) is 0 Å². The third-order valence-corrected chi connectivity index (χ3v) is 10.1. The Morgan fingerprint density at radius 3 is 2.72 bits per heavy atom. The van der Waals surface area contributed by atoms with E-state index in [1.807, 2.05) is 7.05 Å². The second kappa shape index (κ2) is 9.02. The lowest BCUT2D eigenvalue weighted by atomic mass is 10.2. The van der Waals surface area contributed by atoms with Crippen LogP contribution in [0.5, 0.6) is 0 Å². The highest BCUT2D eigenvalue weighted by Crippen LogP contribution is 2.36. The number of likely N-dealkylation sites (N-methyl/N-ethyl adjacent to an activating group) is 1. The molecule has 0 saturated carbocycles. The van der Waals surface area contributed by atoms with Crippen LogP contribution in [0.3, 0.4) is 0 Å². The molecule has 1 heterocycles. The average Bonchev–Trinajstić information content (AvgIpc) is 2.99. The predicted molar refractivity (Wildman–Crippen MR) is 114 cm³/mol. The van der Waals surface area contributed by atoms with E-state index in [9.17, 15) is 9.18 Å². The fourth-order valence-corrected chi connectivity index (χ4v) is 3.74. The zero-order valence-corrected chi connectivity index (χ0v) is 19.0. The van der Waals surface area contributed by atoms with Crippen LogP contribution >= 0.6 is 0 Å². The molecule has 1 aromatic carbocycles. The van der Waals surface area contributed by atoms with E-state index in [0.717, 1.165) is 0 Å². The first-order chi connectivity index (χ1) is 13.5. The Labute approximate surface area is 172 Å². The van der Waals surface area contributed by atoms with E-state index in [1.54, 1.807) is 17.0 Å². The molecule has 1 aliphatic rings. The molecule has 0 N–H and O–H groups in total. The molecular weight excluding hydrogens is 393 g/mol. The summed E-state index contributed by atoms with van der Waals surface area (Å²) in [5, 5.41) is 3.54. The Balaban J connectivity index is 2.00. The highest BCUT2D eigenvalue weighted by molar-refractivity contribution is 6.74. The molecule has 0 bridgehead atoms. The van der Waals surface area contributed by atoms with Crippen molar-refractivity contribution in [3.8, 4) is 0 Å². The number of rotatable bonds is 8. The van der Waals surface area contributed by atoms with Gasteiger partial charge in [0.15, 0.2) is 8.32 Å². The Hall–Kier alpha value is -2.29. The molecule has 0 aliphatic carbocycles. The molecule has 8 nitrogen and oxygen atoms in total. The fraction of sp³-hybridized carbons (Fsp3) is 0.632. The Morgan fingerprint density at radius 2 is 2.14 bits per heavy atom. The summed E-state index contributed by atoms with van der Waals surface area (Å²) in [5.41, 5.74) is 9.23. The van der Waals surface area contributed by atoms with Crippen LogP contribution in [0.4, 0.5) is 20.6 Å². The van der Waals surface area contributed by atoms with Gasteiger partial charge in [-0.25, -0.2) is 9.18 Å². The maximum absolute atomic E-state index is 14.7. The third-order valence-electron chi connectivity index (χ3n) is 5.57. The first-order valence-electron chi connectivity index (χ1n) is 9.60. The average molecular weight is 424 g/mol. The lowest BCUT2D eigenvalue weighted by Gasteiger charge is -2.36. The first-order valence-corrected chi connectivity index (χ1v) is 12.5. The minimum atomic E-state index is -1.85. The topological polar surface area (TPSA) is 90.8 Å². The van der Waals surface area contributed by atoms with Crippen molar-refractivity contribution in [1.82, 2.24) is 0 Å². The van der Waals surface area contributed by atoms with Gasteiger partial charge in [0.1, 0.15) is 11.9 Å². The SMILES string of the molecule is CN(CCO[Si](C)(C)C(C)(C)C)c1ccc(N2CC(CN=[N+]=[N-])OC2=O)cc1F. The maximum atomic E-state index is 14.7. The number of carbonyl (C=O) groups excluding carboxylic acids is 1. The van der Waals surface area contributed by atoms with Gasteiger partial charge in [-0.3, -0.25) is 4.90 Å². The zero-order valence-electron chi connectivity index (χ0n) is 18.0. The summed E-state index contributed by atoms with van der Waals surface area (Å²) in [6, 6.07) is 4.64. The van der Waals surface area contributed by atoms with Gasteiger partial charge in [0.25, 0.3) is 0 Å². The van der Waals surface area contributed by atoms with Crippen LogP contribution in [-0.4, -0.2) is 53.8 Å². The van der Waals surface area contributed by atoms with Gasteiger partial charge in [-0.15, -0.1) is 0 Å². The number of carbonyl (C=O) groups is 1. The second-order valence-corrected chi connectivity index (χ2v) is 13.5. The maximum Gasteiger partial charge on any atom is 0.414 e. The molecule has 29 heavy (non-hydrogen) atoms. The molecule has 1 aliphatic heterocycles. The molecule has 1 amide bonds. The largest absolute Gasteiger partial charge is 0.444 e. The van der Waals surface area contributed by atoms with E-state index < -0.39 is 26.3 Å². The highest BCUT2D eigenvalue weighted by Gasteiger charge is 2.37. The van der Waals surface area contributed by atoms with Crippen LogP contribution in [0.1, 0.15) is 20.8 Å². The van der Waals surface area contributed by atoms with Crippen LogP contribution in [0.25, 0.3) is 10.4 Å². The summed E-state index contributed by atoms with van der Waals surface area (Å²) >= 11 is 0. The number of benzene rings is 1. The van der Waals surface area contributed by atoms with E-state index in [-0.39, 0.29) is 18.1 Å². The van der Waals surface area contributed by atoms with Gasteiger partial charge in [0, 0.05) is 18.5 Å². The van der Waals surface area contributed by atoms with Crippen molar-refractivity contribution in [2.75, 3.05) is 43.1 Å². The number of ether oxygens (including phenoxy) is 1. The van der Waals surface area contributed by atoms with Gasteiger partial charge in [-0.1, -0.05) is 25.9 Å². The van der Waals surface area contributed by atoms with Crippen molar-refractivity contribution >= 4 is 25.8 Å². The molecule has 1 saturated heterocycles. The molecule has 1 fully saturated rings. The fourth-order valence-electron chi connectivity index (χ4n) is 2.70. The number of anilines is 2. The van der Waals surface area contributed by atoms with E-state index in [2.05, 4.69) is 43.9 Å². The highest BCUT2D eigenvalue weighted by atomic mass is 28.4. The number of amides is 1. The van der Waals surface area contributed by atoms with Crippen LogP contribution in [-0.2, 0) is 9.16 Å². The molecular formula is C19H30FN5O3Si. The van der Waals surface area contributed by atoms with E-state index >= 15 is 0 Å². The Kier molecular flexibility index (Phi) is 7.15.